The number of aryl methyl sites for hydroxylation is 1. The van der Waals surface area contributed by atoms with Gasteiger partial charge in [-0.25, -0.2) is 4.98 Å². The van der Waals surface area contributed by atoms with E-state index in [2.05, 4.69) is 20.2 Å². The van der Waals surface area contributed by atoms with Gasteiger partial charge in [0.1, 0.15) is 5.69 Å². The second kappa shape index (κ2) is 5.94. The minimum atomic E-state index is -4.54. The van der Waals surface area contributed by atoms with E-state index in [1.54, 1.807) is 30.3 Å². The molecule has 4 aromatic rings. The molecule has 0 aliphatic heterocycles. The third-order valence-electron chi connectivity index (χ3n) is 4.08. The molecule has 1 aromatic carbocycles. The van der Waals surface area contributed by atoms with Crippen molar-refractivity contribution >= 4 is 10.9 Å². The average molecular weight is 354 g/mol. The number of alkyl halides is 3. The summed E-state index contributed by atoms with van der Waals surface area (Å²) in [4.78, 5) is 8.21. The maximum atomic E-state index is 13.3. The summed E-state index contributed by atoms with van der Waals surface area (Å²) in [5.41, 5.74) is 2.29. The molecule has 0 spiro atoms. The van der Waals surface area contributed by atoms with Gasteiger partial charge in [0.05, 0.1) is 23.1 Å². The van der Waals surface area contributed by atoms with Gasteiger partial charge >= 0.3 is 6.18 Å². The molecule has 7 heteroatoms. The summed E-state index contributed by atoms with van der Waals surface area (Å²) < 4.78 is 39.9. The lowest BCUT2D eigenvalue weighted by molar-refractivity contribution is -0.140. The molecule has 0 fully saturated rings. The van der Waals surface area contributed by atoms with Crippen molar-refractivity contribution in [1.82, 2.24) is 20.2 Å². The molecular formula is C19H13F3N4. The Morgan fingerprint density at radius 3 is 2.50 bits per heavy atom. The van der Waals surface area contributed by atoms with Crippen LogP contribution in [0.3, 0.4) is 0 Å². The van der Waals surface area contributed by atoms with Gasteiger partial charge in [0, 0.05) is 16.6 Å². The topological polar surface area (TPSA) is 54.5 Å². The quantitative estimate of drug-likeness (QED) is 0.550. The number of halogens is 3. The van der Waals surface area contributed by atoms with Gasteiger partial charge < -0.3 is 0 Å². The summed E-state index contributed by atoms with van der Waals surface area (Å²) in [6.07, 6.45) is -3.02. The normalized spacial score (nSPS) is 11.8. The molecule has 0 unspecified atom stereocenters. The van der Waals surface area contributed by atoms with Crippen molar-refractivity contribution in [3.63, 3.8) is 0 Å². The van der Waals surface area contributed by atoms with Crippen LogP contribution in [0.15, 0.2) is 54.7 Å². The van der Waals surface area contributed by atoms with E-state index in [-0.39, 0.29) is 5.52 Å². The van der Waals surface area contributed by atoms with E-state index < -0.39 is 11.9 Å². The summed E-state index contributed by atoms with van der Waals surface area (Å²) >= 11 is 0. The van der Waals surface area contributed by atoms with Crippen LogP contribution < -0.4 is 0 Å². The third kappa shape index (κ3) is 2.81. The first kappa shape index (κ1) is 16.3. The van der Waals surface area contributed by atoms with Crippen LogP contribution in [0.4, 0.5) is 13.2 Å². The van der Waals surface area contributed by atoms with Crippen LogP contribution in [-0.4, -0.2) is 20.2 Å². The average Bonchev–Trinajstić information content (AvgIpc) is 3.09. The fourth-order valence-electron chi connectivity index (χ4n) is 2.91. The summed E-state index contributed by atoms with van der Waals surface area (Å²) in [5, 5.41) is 7.51. The molecule has 0 saturated carbocycles. The second-order valence-corrected chi connectivity index (χ2v) is 5.89. The molecule has 0 amide bonds. The van der Waals surface area contributed by atoms with Crippen LogP contribution >= 0.6 is 0 Å². The third-order valence-corrected chi connectivity index (χ3v) is 4.08. The number of hydrogen-bond donors (Lipinski definition) is 1. The monoisotopic (exact) mass is 354 g/mol. The minimum absolute atomic E-state index is 0.279. The second-order valence-electron chi connectivity index (χ2n) is 5.89. The number of fused-ring (bicyclic) bond motifs is 1. The van der Waals surface area contributed by atoms with E-state index in [9.17, 15) is 13.2 Å². The molecule has 3 heterocycles. The van der Waals surface area contributed by atoms with E-state index in [4.69, 9.17) is 0 Å². The molecule has 4 rings (SSSR count). The standard InChI is InChI=1S/C19H13F3N4/c1-11-5-4-8-16(24-11)18-14(10-23-26-18)13-9-17(19(20,21)22)25-15-7-3-2-6-12(13)15/h2-10H,1H3,(H,23,26). The van der Waals surface area contributed by atoms with Crippen molar-refractivity contribution in [2.24, 2.45) is 0 Å². The van der Waals surface area contributed by atoms with Crippen LogP contribution in [0.25, 0.3) is 33.4 Å². The predicted octanol–water partition coefficient (Wildman–Crippen LogP) is 5.01. The van der Waals surface area contributed by atoms with Crippen LogP contribution in [0.1, 0.15) is 11.4 Å². The maximum absolute atomic E-state index is 13.3. The number of aromatic nitrogens is 4. The largest absolute Gasteiger partial charge is 0.433 e. The van der Waals surface area contributed by atoms with Gasteiger partial charge in [-0.1, -0.05) is 24.3 Å². The lowest BCUT2D eigenvalue weighted by atomic mass is 9.99. The maximum Gasteiger partial charge on any atom is 0.433 e. The predicted molar refractivity (Wildman–Crippen MR) is 92.3 cm³/mol. The molecule has 0 aliphatic rings. The van der Waals surface area contributed by atoms with Gasteiger partial charge in [-0.2, -0.15) is 18.3 Å². The smallest absolute Gasteiger partial charge is 0.276 e. The van der Waals surface area contributed by atoms with E-state index in [0.29, 0.717) is 27.9 Å². The lowest BCUT2D eigenvalue weighted by Gasteiger charge is -2.12. The number of nitrogens with one attached hydrogen (secondary N) is 1. The number of hydrogen-bond acceptors (Lipinski definition) is 3. The Morgan fingerprint density at radius 1 is 0.923 bits per heavy atom. The molecule has 0 radical (unpaired) electrons. The van der Waals surface area contributed by atoms with Gasteiger partial charge in [0.15, 0.2) is 0 Å². The fourth-order valence-corrected chi connectivity index (χ4v) is 2.91. The number of aromatic amines is 1. The molecule has 1 N–H and O–H groups in total. The van der Waals surface area contributed by atoms with E-state index in [1.807, 2.05) is 19.1 Å². The molecule has 3 aromatic heterocycles. The van der Waals surface area contributed by atoms with E-state index >= 15 is 0 Å². The molecule has 0 atom stereocenters. The molecule has 130 valence electrons. The zero-order valence-corrected chi connectivity index (χ0v) is 13.7. The number of nitrogens with zero attached hydrogens (tertiary/aromatic N) is 3. The highest BCUT2D eigenvalue weighted by molar-refractivity contribution is 5.97. The van der Waals surface area contributed by atoms with Crippen molar-refractivity contribution in [2.75, 3.05) is 0 Å². The van der Waals surface area contributed by atoms with E-state index in [0.717, 1.165) is 11.8 Å². The lowest BCUT2D eigenvalue weighted by Crippen LogP contribution is -2.08. The van der Waals surface area contributed by atoms with Crippen LogP contribution in [0.5, 0.6) is 0 Å². The van der Waals surface area contributed by atoms with Gasteiger partial charge in [-0.15, -0.1) is 0 Å². The van der Waals surface area contributed by atoms with Gasteiger partial charge in [0.2, 0.25) is 0 Å². The Bertz CT molecular complexity index is 1100. The summed E-state index contributed by atoms with van der Waals surface area (Å²) in [7, 11) is 0. The first-order valence-electron chi connectivity index (χ1n) is 7.88. The molecule has 26 heavy (non-hydrogen) atoms. The number of rotatable bonds is 2. The SMILES string of the molecule is Cc1cccc(-c2[nH]ncc2-c2cc(C(F)(F)F)nc3ccccc23)n1. The van der Waals surface area contributed by atoms with Gasteiger partial charge in [0.25, 0.3) is 0 Å². The number of para-hydroxylation sites is 1. The van der Waals surface area contributed by atoms with Crippen molar-refractivity contribution in [2.45, 2.75) is 13.1 Å². The Balaban J connectivity index is 2.00. The van der Waals surface area contributed by atoms with Crippen molar-refractivity contribution in [3.8, 4) is 22.5 Å². The minimum Gasteiger partial charge on any atom is -0.276 e. The molecule has 0 saturated heterocycles. The highest BCUT2D eigenvalue weighted by Gasteiger charge is 2.33. The summed E-state index contributed by atoms with van der Waals surface area (Å²) in [6, 6.07) is 13.3. The molecular weight excluding hydrogens is 341 g/mol. The molecule has 4 nitrogen and oxygen atoms in total. The van der Waals surface area contributed by atoms with Crippen LogP contribution in [-0.2, 0) is 6.18 Å². The first-order chi connectivity index (χ1) is 12.4. The Morgan fingerprint density at radius 2 is 1.73 bits per heavy atom. The Kier molecular flexibility index (Phi) is 3.72. The zero-order chi connectivity index (χ0) is 18.3. The Labute approximate surface area is 146 Å². The summed E-state index contributed by atoms with van der Waals surface area (Å²) in [6.45, 7) is 1.85. The first-order valence-corrected chi connectivity index (χ1v) is 7.88. The number of H-pyrrole nitrogens is 1. The van der Waals surface area contributed by atoms with E-state index in [1.165, 1.54) is 6.20 Å². The zero-order valence-electron chi connectivity index (χ0n) is 13.7. The highest BCUT2D eigenvalue weighted by atomic mass is 19.4. The summed E-state index contributed by atoms with van der Waals surface area (Å²) in [5.74, 6) is 0. The highest BCUT2D eigenvalue weighted by Crippen LogP contribution is 2.38. The van der Waals surface area contributed by atoms with Gasteiger partial charge in [-0.05, 0) is 36.8 Å². The molecule has 0 bridgehead atoms. The van der Waals surface area contributed by atoms with Crippen molar-refractivity contribution in [1.29, 1.82) is 0 Å². The van der Waals surface area contributed by atoms with Crippen LogP contribution in [0.2, 0.25) is 0 Å². The number of pyridine rings is 2. The fraction of sp³-hybridized carbons (Fsp3) is 0.105. The Hall–Kier alpha value is -3.22. The van der Waals surface area contributed by atoms with Crippen molar-refractivity contribution < 1.29 is 13.2 Å². The van der Waals surface area contributed by atoms with Gasteiger partial charge in [-0.3, -0.25) is 10.1 Å². The van der Waals surface area contributed by atoms with Crippen molar-refractivity contribution in [3.05, 3.63) is 66.1 Å². The number of benzene rings is 1. The van der Waals surface area contributed by atoms with Crippen LogP contribution in [0, 0.1) is 6.92 Å². The molecule has 0 aliphatic carbocycles.